The zero-order valence-electron chi connectivity index (χ0n) is 6.83. The molecule has 0 bridgehead atoms. The van der Waals surface area contributed by atoms with Crippen LogP contribution in [0.5, 0.6) is 0 Å². The average Bonchev–Trinajstić information content (AvgIpc) is 1.88. The van der Waals surface area contributed by atoms with Gasteiger partial charge in [-0.25, -0.2) is 0 Å². The Balaban J connectivity index is 2.26. The maximum Gasteiger partial charge on any atom is 0.154 e. The minimum atomic E-state index is -0.0174. The van der Waals surface area contributed by atoms with E-state index in [4.69, 9.17) is 9.47 Å². The van der Waals surface area contributed by atoms with Gasteiger partial charge in [-0.1, -0.05) is 0 Å². The highest BCUT2D eigenvalue weighted by Gasteiger charge is 2.19. The summed E-state index contributed by atoms with van der Waals surface area (Å²) in [6.07, 6.45) is -0.0174. The van der Waals surface area contributed by atoms with E-state index in [0.29, 0.717) is 6.04 Å². The van der Waals surface area contributed by atoms with Gasteiger partial charge in [-0.15, -0.1) is 0 Å². The van der Waals surface area contributed by atoms with Crippen LogP contribution in [0.4, 0.5) is 0 Å². The maximum absolute atomic E-state index is 5.29. The van der Waals surface area contributed by atoms with Crippen LogP contribution in [-0.4, -0.2) is 44.5 Å². The van der Waals surface area contributed by atoms with Crippen LogP contribution >= 0.6 is 0 Å². The first-order chi connectivity index (χ1) is 4.70. The van der Waals surface area contributed by atoms with Crippen molar-refractivity contribution in [1.82, 2.24) is 4.90 Å². The molecule has 0 aromatic carbocycles. The molecule has 0 aromatic rings. The molecule has 60 valence electrons. The van der Waals surface area contributed by atoms with Gasteiger partial charge in [0.1, 0.15) is 0 Å². The van der Waals surface area contributed by atoms with E-state index in [9.17, 15) is 0 Å². The lowest BCUT2D eigenvalue weighted by molar-refractivity contribution is -0.191. The molecule has 0 aliphatic carbocycles. The molecular formula is C7H15NO2. The van der Waals surface area contributed by atoms with E-state index in [1.165, 1.54) is 0 Å². The van der Waals surface area contributed by atoms with Crippen LogP contribution in [0, 0.1) is 0 Å². The highest BCUT2D eigenvalue weighted by atomic mass is 16.7. The summed E-state index contributed by atoms with van der Waals surface area (Å²) >= 11 is 0. The smallest absolute Gasteiger partial charge is 0.154 e. The van der Waals surface area contributed by atoms with E-state index in [2.05, 4.69) is 4.90 Å². The third kappa shape index (κ3) is 1.94. The number of nitrogens with zero attached hydrogens (tertiary/aromatic N) is 1. The lowest BCUT2D eigenvalue weighted by Gasteiger charge is -2.31. The monoisotopic (exact) mass is 145 g/mol. The molecule has 1 fully saturated rings. The van der Waals surface area contributed by atoms with E-state index >= 15 is 0 Å². The molecule has 1 heterocycles. The van der Waals surface area contributed by atoms with Crippen molar-refractivity contribution in [2.24, 2.45) is 0 Å². The van der Waals surface area contributed by atoms with E-state index in [0.717, 1.165) is 13.2 Å². The Hall–Kier alpha value is -0.120. The van der Waals surface area contributed by atoms with Crippen LogP contribution in [-0.2, 0) is 9.47 Å². The summed E-state index contributed by atoms with van der Waals surface area (Å²) in [6, 6.07) is 0.427. The van der Waals surface area contributed by atoms with E-state index < -0.39 is 0 Å². The molecule has 1 aliphatic heterocycles. The van der Waals surface area contributed by atoms with Gasteiger partial charge in [0.2, 0.25) is 0 Å². The van der Waals surface area contributed by atoms with Gasteiger partial charge in [0.25, 0.3) is 0 Å². The summed E-state index contributed by atoms with van der Waals surface area (Å²) in [6.45, 7) is 3.49. The lowest BCUT2D eigenvalue weighted by atomic mass is 10.3. The summed E-state index contributed by atoms with van der Waals surface area (Å²) in [7, 11) is 4.07. The quantitative estimate of drug-likeness (QED) is 0.530. The van der Waals surface area contributed by atoms with Crippen molar-refractivity contribution in [1.29, 1.82) is 0 Å². The highest BCUT2D eigenvalue weighted by molar-refractivity contribution is 4.67. The molecule has 3 heteroatoms. The minimum absolute atomic E-state index is 0.0174. The van der Waals surface area contributed by atoms with E-state index in [1.807, 2.05) is 21.0 Å². The van der Waals surface area contributed by atoms with Gasteiger partial charge in [0.05, 0.1) is 19.3 Å². The first kappa shape index (κ1) is 7.98. The minimum Gasteiger partial charge on any atom is -0.351 e. The molecule has 3 nitrogen and oxygen atoms in total. The second kappa shape index (κ2) is 3.32. The molecule has 10 heavy (non-hydrogen) atoms. The molecule has 0 atom stereocenters. The van der Waals surface area contributed by atoms with E-state index in [1.54, 1.807) is 0 Å². The summed E-state index contributed by atoms with van der Waals surface area (Å²) in [4.78, 5) is 2.12. The first-order valence-electron chi connectivity index (χ1n) is 3.60. The Labute approximate surface area is 61.9 Å². The molecule has 0 aromatic heterocycles. The molecular weight excluding hydrogens is 130 g/mol. The lowest BCUT2D eigenvalue weighted by Crippen LogP contribution is -2.43. The zero-order chi connectivity index (χ0) is 7.56. The maximum atomic E-state index is 5.29. The molecule has 0 saturated carbocycles. The van der Waals surface area contributed by atoms with Gasteiger partial charge in [0, 0.05) is 0 Å². The third-order valence-corrected chi connectivity index (χ3v) is 1.78. The van der Waals surface area contributed by atoms with Crippen LogP contribution in [0.2, 0.25) is 0 Å². The normalized spacial score (nSPS) is 34.8. The predicted octanol–water partition coefficient (Wildman–Crippen LogP) is 0.309. The molecule has 0 N–H and O–H groups in total. The summed E-state index contributed by atoms with van der Waals surface area (Å²) in [5, 5.41) is 0. The van der Waals surface area contributed by atoms with Gasteiger partial charge < -0.3 is 14.4 Å². The van der Waals surface area contributed by atoms with Crippen LogP contribution in [0.25, 0.3) is 0 Å². The van der Waals surface area contributed by atoms with Crippen LogP contribution in [0.1, 0.15) is 6.92 Å². The largest absolute Gasteiger partial charge is 0.351 e. The number of hydrogen-bond acceptors (Lipinski definition) is 3. The predicted molar refractivity (Wildman–Crippen MR) is 38.8 cm³/mol. The average molecular weight is 145 g/mol. The second-order valence-electron chi connectivity index (χ2n) is 2.85. The fourth-order valence-electron chi connectivity index (χ4n) is 0.888. The zero-order valence-corrected chi connectivity index (χ0v) is 6.83. The van der Waals surface area contributed by atoms with Crippen molar-refractivity contribution in [3.8, 4) is 0 Å². The van der Waals surface area contributed by atoms with Crippen molar-refractivity contribution in [2.75, 3.05) is 27.3 Å². The molecule has 1 rings (SSSR count). The molecule has 1 aliphatic rings. The Kier molecular flexibility index (Phi) is 2.65. The van der Waals surface area contributed by atoms with Crippen molar-refractivity contribution >= 4 is 0 Å². The van der Waals surface area contributed by atoms with Crippen molar-refractivity contribution in [3.63, 3.8) is 0 Å². The topological polar surface area (TPSA) is 21.7 Å². The summed E-state index contributed by atoms with van der Waals surface area (Å²) in [5.41, 5.74) is 0. The number of ether oxygens (including phenoxy) is 2. The molecule has 0 spiro atoms. The van der Waals surface area contributed by atoms with Gasteiger partial charge in [-0.2, -0.15) is 0 Å². The summed E-state index contributed by atoms with van der Waals surface area (Å²) < 4.78 is 10.6. The number of likely N-dealkylation sites (N-methyl/N-ethyl adjacent to an activating group) is 1. The Morgan fingerprint density at radius 2 is 1.70 bits per heavy atom. The second-order valence-corrected chi connectivity index (χ2v) is 2.85. The van der Waals surface area contributed by atoms with Crippen molar-refractivity contribution in [3.05, 3.63) is 0 Å². The number of rotatable bonds is 1. The standard InChI is InChI=1S/C7H15NO2/c1-6-9-4-7(5-10-6)8(2)3/h6-7H,4-5H2,1-3H3. The number of hydrogen-bond donors (Lipinski definition) is 0. The Bertz CT molecular complexity index is 97.8. The third-order valence-electron chi connectivity index (χ3n) is 1.78. The van der Waals surface area contributed by atoms with Gasteiger partial charge >= 0.3 is 0 Å². The van der Waals surface area contributed by atoms with Crippen LogP contribution in [0.3, 0.4) is 0 Å². The molecule has 1 saturated heterocycles. The van der Waals surface area contributed by atoms with Gasteiger partial charge in [-0.05, 0) is 21.0 Å². The summed E-state index contributed by atoms with van der Waals surface area (Å²) in [5.74, 6) is 0. The van der Waals surface area contributed by atoms with Gasteiger partial charge in [0.15, 0.2) is 6.29 Å². The van der Waals surface area contributed by atoms with Crippen LogP contribution in [0.15, 0.2) is 0 Å². The Morgan fingerprint density at radius 3 is 2.10 bits per heavy atom. The molecule has 0 amide bonds. The highest BCUT2D eigenvalue weighted by Crippen LogP contribution is 2.07. The van der Waals surface area contributed by atoms with Crippen molar-refractivity contribution < 1.29 is 9.47 Å². The fourth-order valence-corrected chi connectivity index (χ4v) is 0.888. The molecule has 0 radical (unpaired) electrons. The SMILES string of the molecule is CC1OCC(N(C)C)CO1. The fraction of sp³-hybridized carbons (Fsp3) is 1.00. The molecule has 0 unspecified atom stereocenters. The Morgan fingerprint density at radius 1 is 1.20 bits per heavy atom. The van der Waals surface area contributed by atoms with Crippen molar-refractivity contribution in [2.45, 2.75) is 19.3 Å². The van der Waals surface area contributed by atoms with Crippen LogP contribution < -0.4 is 0 Å². The van der Waals surface area contributed by atoms with E-state index in [-0.39, 0.29) is 6.29 Å². The first-order valence-corrected chi connectivity index (χ1v) is 3.60. The van der Waals surface area contributed by atoms with Gasteiger partial charge in [-0.3, -0.25) is 0 Å².